The number of likely N-dealkylation sites (tertiary alicyclic amines) is 1. The molecule has 0 spiro atoms. The van der Waals surface area contributed by atoms with E-state index in [-0.39, 0.29) is 11.8 Å². The molecule has 4 heteroatoms. The number of carbonyl (C=O) groups excluding carboxylic acids is 1. The number of carbonyl (C=O) groups is 1. The van der Waals surface area contributed by atoms with Crippen molar-refractivity contribution in [2.45, 2.75) is 45.2 Å². The van der Waals surface area contributed by atoms with Crippen molar-refractivity contribution in [3.05, 3.63) is 101 Å². The minimum Gasteiger partial charge on any atom is -0.355 e. The minimum atomic E-state index is 0.0219. The maximum Gasteiger partial charge on any atom is 0.224 e. The molecule has 3 aromatic rings. The number of hydrogen-bond acceptors (Lipinski definition) is 3. The van der Waals surface area contributed by atoms with Crippen LogP contribution in [0.3, 0.4) is 0 Å². The van der Waals surface area contributed by atoms with Crippen molar-refractivity contribution in [2.24, 2.45) is 5.92 Å². The van der Waals surface area contributed by atoms with Crippen LogP contribution in [0.4, 0.5) is 0 Å². The van der Waals surface area contributed by atoms with Gasteiger partial charge >= 0.3 is 0 Å². The Balaban J connectivity index is 1.42. The molecule has 2 heterocycles. The zero-order valence-corrected chi connectivity index (χ0v) is 18.9. The highest BCUT2D eigenvalue weighted by Gasteiger charge is 2.32. The summed E-state index contributed by atoms with van der Waals surface area (Å²) in [6, 6.07) is 25.9. The number of aryl methyl sites for hydroxylation is 1. The van der Waals surface area contributed by atoms with E-state index in [1.165, 1.54) is 16.7 Å². The van der Waals surface area contributed by atoms with Gasteiger partial charge in [0.1, 0.15) is 0 Å². The van der Waals surface area contributed by atoms with Gasteiger partial charge in [0.25, 0.3) is 0 Å². The second-order valence-corrected chi connectivity index (χ2v) is 8.66. The van der Waals surface area contributed by atoms with E-state index in [0.717, 1.165) is 44.5 Å². The van der Waals surface area contributed by atoms with E-state index < -0.39 is 0 Å². The molecule has 1 aromatic heterocycles. The molecule has 1 aliphatic heterocycles. The maximum absolute atomic E-state index is 13.0. The standard InChI is InChI=1S/C28H33N3O/c1-2-22-11-13-24(14-12-22)27-16-15-25(21-31(27)20-23-8-4-3-5-9-23)28(32)30-19-17-26-10-6-7-18-29-26/h3-14,18,25,27H,2,15-17,19-21H2,1H3,(H,30,32)/t25-,27+/m1/s1. The minimum absolute atomic E-state index is 0.0219. The molecule has 1 saturated heterocycles. The number of pyridine rings is 1. The average molecular weight is 428 g/mol. The lowest BCUT2D eigenvalue weighted by Crippen LogP contribution is -2.44. The van der Waals surface area contributed by atoms with Gasteiger partial charge in [-0.25, -0.2) is 0 Å². The molecular formula is C28H33N3O. The van der Waals surface area contributed by atoms with Crippen molar-refractivity contribution in [1.29, 1.82) is 0 Å². The van der Waals surface area contributed by atoms with Gasteiger partial charge in [0.15, 0.2) is 0 Å². The van der Waals surface area contributed by atoms with Gasteiger partial charge in [-0.3, -0.25) is 14.7 Å². The predicted octanol–water partition coefficient (Wildman–Crippen LogP) is 4.96. The molecule has 1 aliphatic rings. The van der Waals surface area contributed by atoms with Crippen LogP contribution in [0.2, 0.25) is 0 Å². The predicted molar refractivity (Wildman–Crippen MR) is 129 cm³/mol. The van der Waals surface area contributed by atoms with E-state index in [1.807, 2.05) is 18.2 Å². The number of hydrogen-bond donors (Lipinski definition) is 1. The van der Waals surface area contributed by atoms with Crippen molar-refractivity contribution >= 4 is 5.91 Å². The van der Waals surface area contributed by atoms with Crippen molar-refractivity contribution in [3.63, 3.8) is 0 Å². The average Bonchev–Trinajstić information content (AvgIpc) is 2.85. The number of aromatic nitrogens is 1. The van der Waals surface area contributed by atoms with E-state index >= 15 is 0 Å². The SMILES string of the molecule is CCc1ccc([C@@H]2CC[C@@H](C(=O)NCCc3ccccn3)CN2Cc2ccccc2)cc1. The molecule has 4 nitrogen and oxygen atoms in total. The number of amides is 1. The fourth-order valence-electron chi connectivity index (χ4n) is 4.61. The van der Waals surface area contributed by atoms with E-state index in [2.05, 4.69) is 76.7 Å². The van der Waals surface area contributed by atoms with Crippen LogP contribution >= 0.6 is 0 Å². The van der Waals surface area contributed by atoms with Crippen LogP contribution in [0, 0.1) is 5.92 Å². The quantitative estimate of drug-likeness (QED) is 0.553. The summed E-state index contributed by atoms with van der Waals surface area (Å²) in [4.78, 5) is 19.8. The zero-order chi connectivity index (χ0) is 22.2. The van der Waals surface area contributed by atoms with Crippen LogP contribution in [0.1, 0.15) is 48.2 Å². The third-order valence-electron chi connectivity index (χ3n) is 6.46. The Labute approximate surface area is 191 Å². The summed E-state index contributed by atoms with van der Waals surface area (Å²) in [5, 5.41) is 3.15. The molecule has 4 rings (SSSR count). The van der Waals surface area contributed by atoms with Crippen LogP contribution in [0.25, 0.3) is 0 Å². The largest absolute Gasteiger partial charge is 0.355 e. The highest BCUT2D eigenvalue weighted by Crippen LogP contribution is 2.35. The number of rotatable bonds is 8. The van der Waals surface area contributed by atoms with Gasteiger partial charge in [0.05, 0.1) is 5.92 Å². The van der Waals surface area contributed by atoms with Crippen LogP contribution in [0.5, 0.6) is 0 Å². The van der Waals surface area contributed by atoms with E-state index in [9.17, 15) is 4.79 Å². The van der Waals surface area contributed by atoms with Gasteiger partial charge in [-0.2, -0.15) is 0 Å². The Morgan fingerprint density at radius 2 is 1.75 bits per heavy atom. The summed E-state index contributed by atoms with van der Waals surface area (Å²) in [5.41, 5.74) is 5.02. The molecule has 0 saturated carbocycles. The molecule has 0 aliphatic carbocycles. The Morgan fingerprint density at radius 1 is 0.969 bits per heavy atom. The van der Waals surface area contributed by atoms with Gasteiger partial charge in [0.2, 0.25) is 5.91 Å². The van der Waals surface area contributed by atoms with Gasteiger partial charge in [-0.05, 0) is 48.1 Å². The molecule has 32 heavy (non-hydrogen) atoms. The van der Waals surface area contributed by atoms with Crippen molar-refractivity contribution in [1.82, 2.24) is 15.2 Å². The van der Waals surface area contributed by atoms with Crippen molar-refractivity contribution < 1.29 is 4.79 Å². The highest BCUT2D eigenvalue weighted by molar-refractivity contribution is 5.79. The first-order chi connectivity index (χ1) is 15.7. The second kappa shape index (κ2) is 11.1. The van der Waals surface area contributed by atoms with Crippen molar-refractivity contribution in [3.8, 4) is 0 Å². The smallest absolute Gasteiger partial charge is 0.224 e. The fourth-order valence-corrected chi connectivity index (χ4v) is 4.61. The van der Waals surface area contributed by atoms with Crippen LogP contribution in [0.15, 0.2) is 79.0 Å². The Kier molecular flexibility index (Phi) is 7.68. The first-order valence-electron chi connectivity index (χ1n) is 11.8. The molecule has 0 bridgehead atoms. The second-order valence-electron chi connectivity index (χ2n) is 8.66. The number of piperidine rings is 1. The first kappa shape index (κ1) is 22.2. The molecule has 1 N–H and O–H groups in total. The highest BCUT2D eigenvalue weighted by atomic mass is 16.1. The zero-order valence-electron chi connectivity index (χ0n) is 18.9. The number of nitrogens with one attached hydrogen (secondary N) is 1. The monoisotopic (exact) mass is 427 g/mol. The van der Waals surface area contributed by atoms with Crippen LogP contribution in [-0.2, 0) is 24.2 Å². The summed E-state index contributed by atoms with van der Waals surface area (Å²) >= 11 is 0. The van der Waals surface area contributed by atoms with Gasteiger partial charge < -0.3 is 5.32 Å². The molecular weight excluding hydrogens is 394 g/mol. The summed E-state index contributed by atoms with van der Waals surface area (Å²) < 4.78 is 0. The normalized spacial score (nSPS) is 18.9. The number of benzene rings is 2. The lowest BCUT2D eigenvalue weighted by atomic mass is 9.87. The van der Waals surface area contributed by atoms with E-state index in [0.29, 0.717) is 12.6 Å². The van der Waals surface area contributed by atoms with Gasteiger partial charge in [0, 0.05) is 44.0 Å². The third kappa shape index (κ3) is 5.83. The summed E-state index contributed by atoms with van der Waals surface area (Å²) in [7, 11) is 0. The maximum atomic E-state index is 13.0. The molecule has 2 aromatic carbocycles. The molecule has 1 amide bonds. The summed E-state index contributed by atoms with van der Waals surface area (Å²) in [5.74, 6) is 0.187. The van der Waals surface area contributed by atoms with Gasteiger partial charge in [-0.1, -0.05) is 67.6 Å². The summed E-state index contributed by atoms with van der Waals surface area (Å²) in [6.07, 6.45) is 5.53. The molecule has 0 radical (unpaired) electrons. The lowest BCUT2D eigenvalue weighted by molar-refractivity contribution is -0.127. The van der Waals surface area contributed by atoms with Gasteiger partial charge in [-0.15, -0.1) is 0 Å². The Morgan fingerprint density at radius 3 is 2.47 bits per heavy atom. The Hall–Kier alpha value is -2.98. The Bertz CT molecular complexity index is 973. The van der Waals surface area contributed by atoms with E-state index in [1.54, 1.807) is 6.20 Å². The molecule has 166 valence electrons. The lowest BCUT2D eigenvalue weighted by Gasteiger charge is -2.39. The molecule has 2 atom stereocenters. The fraction of sp³-hybridized carbons (Fsp3) is 0.357. The third-order valence-corrected chi connectivity index (χ3v) is 6.46. The van der Waals surface area contributed by atoms with E-state index in [4.69, 9.17) is 0 Å². The first-order valence-corrected chi connectivity index (χ1v) is 11.8. The number of nitrogens with zero attached hydrogens (tertiary/aromatic N) is 2. The van der Waals surface area contributed by atoms with Crippen LogP contribution < -0.4 is 5.32 Å². The molecule has 1 fully saturated rings. The molecule has 0 unspecified atom stereocenters. The van der Waals surface area contributed by atoms with Crippen LogP contribution in [-0.4, -0.2) is 28.9 Å². The van der Waals surface area contributed by atoms with Crippen molar-refractivity contribution in [2.75, 3.05) is 13.1 Å². The summed E-state index contributed by atoms with van der Waals surface area (Å²) in [6.45, 7) is 4.46. The topological polar surface area (TPSA) is 45.2 Å².